The lowest BCUT2D eigenvalue weighted by atomic mass is 10.1. The molecule has 1 aromatic rings. The molecular weight excluding hydrogens is 258 g/mol. The Kier molecular flexibility index (Phi) is 4.90. The summed E-state index contributed by atoms with van der Waals surface area (Å²) >= 11 is 0. The van der Waals surface area contributed by atoms with Crippen molar-refractivity contribution in [2.45, 2.75) is 32.7 Å². The molecule has 0 aliphatic heterocycles. The number of nitrogens with one attached hydrogen (secondary N) is 2. The molecule has 0 aliphatic carbocycles. The Morgan fingerprint density at radius 2 is 2.00 bits per heavy atom. The average molecular weight is 279 g/mol. The molecule has 0 unspecified atom stereocenters. The number of hydrogen-bond donors (Lipinski definition) is 4. The van der Waals surface area contributed by atoms with Crippen molar-refractivity contribution in [1.82, 2.24) is 10.3 Å². The summed E-state index contributed by atoms with van der Waals surface area (Å²) < 4.78 is 0. The first-order valence-electron chi connectivity index (χ1n) is 6.29. The van der Waals surface area contributed by atoms with Crippen LogP contribution in [0, 0.1) is 0 Å². The number of nitrogen functional groups attached to an aromatic ring is 1. The normalized spacial score (nSPS) is 10.9. The van der Waals surface area contributed by atoms with Crippen LogP contribution in [0.1, 0.15) is 37.6 Å². The number of carbonyl (C=O) groups is 2. The van der Waals surface area contributed by atoms with Crippen LogP contribution < -0.4 is 22.1 Å². The first-order valence-corrected chi connectivity index (χ1v) is 6.29. The van der Waals surface area contributed by atoms with Crippen molar-refractivity contribution in [1.29, 1.82) is 0 Å². The quantitative estimate of drug-likeness (QED) is 0.624. The van der Waals surface area contributed by atoms with Crippen LogP contribution in [0.4, 0.5) is 11.5 Å². The van der Waals surface area contributed by atoms with Crippen molar-refractivity contribution in [3.8, 4) is 0 Å². The zero-order valence-corrected chi connectivity index (χ0v) is 12.0. The van der Waals surface area contributed by atoms with Gasteiger partial charge in [0.15, 0.2) is 0 Å². The van der Waals surface area contributed by atoms with Gasteiger partial charge in [0.25, 0.3) is 5.91 Å². The summed E-state index contributed by atoms with van der Waals surface area (Å²) in [5, 5.41) is 5.75. The van der Waals surface area contributed by atoms with Crippen molar-refractivity contribution in [2.75, 3.05) is 17.6 Å². The molecule has 0 spiro atoms. The maximum atomic E-state index is 11.6. The van der Waals surface area contributed by atoms with Gasteiger partial charge in [-0.3, -0.25) is 9.59 Å². The van der Waals surface area contributed by atoms with Crippen LogP contribution in [0.2, 0.25) is 0 Å². The summed E-state index contributed by atoms with van der Waals surface area (Å²) in [5.41, 5.74) is 11.1. The highest BCUT2D eigenvalue weighted by Gasteiger charge is 2.14. The number of pyridine rings is 1. The van der Waals surface area contributed by atoms with Crippen LogP contribution in [0.5, 0.6) is 0 Å². The first-order chi connectivity index (χ1) is 9.19. The van der Waals surface area contributed by atoms with Gasteiger partial charge in [0.05, 0.1) is 17.4 Å². The van der Waals surface area contributed by atoms with Gasteiger partial charge in [-0.05, 0) is 26.8 Å². The summed E-state index contributed by atoms with van der Waals surface area (Å²) in [5.74, 6) is -0.372. The molecule has 7 heteroatoms. The number of carbonyl (C=O) groups excluding carboxylic acids is 2. The molecule has 0 bridgehead atoms. The smallest absolute Gasteiger partial charge is 0.252 e. The highest BCUT2D eigenvalue weighted by molar-refractivity contribution is 5.98. The second kappa shape index (κ2) is 6.23. The molecule has 110 valence electrons. The van der Waals surface area contributed by atoms with Gasteiger partial charge in [0.1, 0.15) is 5.82 Å². The molecular formula is C13H21N5O2. The van der Waals surface area contributed by atoms with Gasteiger partial charge >= 0.3 is 0 Å². The molecule has 0 saturated carbocycles. The molecule has 0 fully saturated rings. The highest BCUT2D eigenvalue weighted by atomic mass is 16.2. The Hall–Kier alpha value is -2.31. The van der Waals surface area contributed by atoms with E-state index in [2.05, 4.69) is 15.6 Å². The molecule has 0 atom stereocenters. The molecule has 7 nitrogen and oxygen atoms in total. The van der Waals surface area contributed by atoms with E-state index in [1.165, 1.54) is 12.3 Å². The Labute approximate surface area is 118 Å². The molecule has 0 radical (unpaired) electrons. The van der Waals surface area contributed by atoms with Gasteiger partial charge in [-0.25, -0.2) is 4.98 Å². The van der Waals surface area contributed by atoms with Crippen LogP contribution in [0.25, 0.3) is 0 Å². The third-order valence-electron chi connectivity index (χ3n) is 2.33. The van der Waals surface area contributed by atoms with Gasteiger partial charge in [-0.2, -0.15) is 0 Å². The fourth-order valence-electron chi connectivity index (χ4n) is 1.58. The van der Waals surface area contributed by atoms with E-state index in [0.29, 0.717) is 18.1 Å². The summed E-state index contributed by atoms with van der Waals surface area (Å²) in [6, 6.07) is 1.45. The number of nitrogens with two attached hydrogens (primary N) is 2. The van der Waals surface area contributed by atoms with Crippen molar-refractivity contribution in [2.24, 2.45) is 5.73 Å². The summed E-state index contributed by atoms with van der Waals surface area (Å²) in [6.07, 6.45) is 1.69. The lowest BCUT2D eigenvalue weighted by Gasteiger charge is -2.20. The Morgan fingerprint density at radius 1 is 1.35 bits per heavy atom. The van der Waals surface area contributed by atoms with Crippen molar-refractivity contribution >= 4 is 23.3 Å². The zero-order valence-electron chi connectivity index (χ0n) is 12.0. The number of amides is 2. The van der Waals surface area contributed by atoms with E-state index in [1.54, 1.807) is 0 Å². The van der Waals surface area contributed by atoms with E-state index in [0.717, 1.165) is 0 Å². The summed E-state index contributed by atoms with van der Waals surface area (Å²) in [6.45, 7) is 6.07. The zero-order chi connectivity index (χ0) is 15.3. The van der Waals surface area contributed by atoms with Gasteiger partial charge in [0.2, 0.25) is 5.91 Å². The predicted octanol–water partition coefficient (Wildman–Crippen LogP) is 0.479. The fourth-order valence-corrected chi connectivity index (χ4v) is 1.58. The van der Waals surface area contributed by atoms with Gasteiger partial charge < -0.3 is 22.1 Å². The minimum atomic E-state index is -0.619. The van der Waals surface area contributed by atoms with E-state index in [-0.39, 0.29) is 23.4 Å². The predicted molar refractivity (Wildman–Crippen MR) is 78.2 cm³/mol. The van der Waals surface area contributed by atoms with Crippen LogP contribution >= 0.6 is 0 Å². The largest absolute Gasteiger partial charge is 0.397 e. The maximum absolute atomic E-state index is 11.6. The van der Waals surface area contributed by atoms with E-state index in [9.17, 15) is 9.59 Å². The monoisotopic (exact) mass is 279 g/mol. The Bertz CT molecular complexity index is 508. The average Bonchev–Trinajstić information content (AvgIpc) is 2.28. The third kappa shape index (κ3) is 5.13. The molecule has 0 aliphatic rings. The number of aromatic nitrogens is 1. The third-order valence-corrected chi connectivity index (χ3v) is 2.33. The van der Waals surface area contributed by atoms with E-state index in [1.807, 2.05) is 20.8 Å². The fraction of sp³-hybridized carbons (Fsp3) is 0.462. The molecule has 0 saturated heterocycles. The Balaban J connectivity index is 2.58. The second-order valence-electron chi connectivity index (χ2n) is 5.50. The van der Waals surface area contributed by atoms with Crippen LogP contribution in [0.15, 0.2) is 12.3 Å². The van der Waals surface area contributed by atoms with Crippen LogP contribution in [-0.2, 0) is 4.79 Å². The SMILES string of the molecule is CC(C)(C)NC(=O)CCNc1ncc(N)cc1C(N)=O. The van der Waals surface area contributed by atoms with Crippen molar-refractivity contribution in [3.63, 3.8) is 0 Å². The van der Waals surface area contributed by atoms with E-state index in [4.69, 9.17) is 11.5 Å². The molecule has 1 rings (SSSR count). The van der Waals surface area contributed by atoms with E-state index >= 15 is 0 Å². The standard InChI is InChI=1S/C13H21N5O2/c1-13(2,3)18-10(19)4-5-16-12-9(11(15)20)6-8(14)7-17-12/h6-7H,4-5,14H2,1-3H3,(H2,15,20)(H,16,17)(H,18,19). The van der Waals surface area contributed by atoms with Crippen LogP contribution in [-0.4, -0.2) is 28.9 Å². The maximum Gasteiger partial charge on any atom is 0.252 e. The Morgan fingerprint density at radius 3 is 2.55 bits per heavy atom. The lowest BCUT2D eigenvalue weighted by molar-refractivity contribution is -0.122. The van der Waals surface area contributed by atoms with Crippen LogP contribution in [0.3, 0.4) is 0 Å². The number of anilines is 2. The minimum Gasteiger partial charge on any atom is -0.397 e. The first kappa shape index (κ1) is 15.7. The highest BCUT2D eigenvalue weighted by Crippen LogP contribution is 2.14. The molecule has 20 heavy (non-hydrogen) atoms. The van der Waals surface area contributed by atoms with Crippen molar-refractivity contribution in [3.05, 3.63) is 17.8 Å². The number of primary amides is 1. The van der Waals surface area contributed by atoms with Gasteiger partial charge in [0, 0.05) is 18.5 Å². The van der Waals surface area contributed by atoms with Gasteiger partial charge in [-0.15, -0.1) is 0 Å². The van der Waals surface area contributed by atoms with Gasteiger partial charge in [-0.1, -0.05) is 0 Å². The van der Waals surface area contributed by atoms with E-state index < -0.39 is 5.91 Å². The summed E-state index contributed by atoms with van der Waals surface area (Å²) in [7, 11) is 0. The molecule has 2 amide bonds. The molecule has 0 aromatic carbocycles. The number of rotatable bonds is 5. The molecule has 1 heterocycles. The molecule has 6 N–H and O–H groups in total. The number of hydrogen-bond acceptors (Lipinski definition) is 5. The topological polar surface area (TPSA) is 123 Å². The number of nitrogens with zero attached hydrogens (tertiary/aromatic N) is 1. The summed E-state index contributed by atoms with van der Waals surface area (Å²) in [4.78, 5) is 26.9. The minimum absolute atomic E-state index is 0.0823. The van der Waals surface area contributed by atoms with Crippen molar-refractivity contribution < 1.29 is 9.59 Å². The molecule has 1 aromatic heterocycles. The second-order valence-corrected chi connectivity index (χ2v) is 5.50. The lowest BCUT2D eigenvalue weighted by Crippen LogP contribution is -2.41.